The lowest BCUT2D eigenvalue weighted by atomic mass is 10.1. The molecular formula is C29H32Cl3N3O5S. The molecule has 1 N–H and O–H groups in total. The van der Waals surface area contributed by atoms with Crippen molar-refractivity contribution in [2.45, 2.75) is 44.2 Å². The van der Waals surface area contributed by atoms with E-state index >= 15 is 0 Å². The average Bonchev–Trinajstić information content (AvgIpc) is 2.96. The van der Waals surface area contributed by atoms with Gasteiger partial charge in [-0.2, -0.15) is 0 Å². The van der Waals surface area contributed by atoms with Crippen molar-refractivity contribution < 1.29 is 22.7 Å². The molecule has 0 unspecified atom stereocenters. The predicted molar refractivity (Wildman–Crippen MR) is 163 cm³/mol. The molecule has 0 aromatic heterocycles. The molecule has 3 aromatic carbocycles. The Kier molecular flexibility index (Phi) is 11.7. The van der Waals surface area contributed by atoms with Crippen LogP contribution in [0.4, 0.5) is 5.69 Å². The van der Waals surface area contributed by atoms with Gasteiger partial charge in [-0.05, 0) is 79.1 Å². The Morgan fingerprint density at radius 1 is 0.927 bits per heavy atom. The minimum atomic E-state index is -4.22. The number of carbonyl (C=O) groups excluding carboxylic acids is 2. The molecule has 0 aliphatic heterocycles. The summed E-state index contributed by atoms with van der Waals surface area (Å²) in [4.78, 5) is 28.5. The monoisotopic (exact) mass is 639 g/mol. The molecule has 0 saturated heterocycles. The summed E-state index contributed by atoms with van der Waals surface area (Å²) in [7, 11) is -2.75. The van der Waals surface area contributed by atoms with Crippen LogP contribution in [0.5, 0.6) is 5.75 Å². The van der Waals surface area contributed by atoms with Gasteiger partial charge in [-0.1, -0.05) is 54.7 Å². The van der Waals surface area contributed by atoms with Gasteiger partial charge in [0.2, 0.25) is 11.8 Å². The Hall–Kier alpha value is -2.98. The minimum absolute atomic E-state index is 0.00478. The maximum atomic E-state index is 14.0. The van der Waals surface area contributed by atoms with Gasteiger partial charge in [-0.3, -0.25) is 13.9 Å². The number of methoxy groups -OCH3 is 1. The van der Waals surface area contributed by atoms with E-state index in [9.17, 15) is 18.0 Å². The third-order valence-corrected chi connectivity index (χ3v) is 9.09. The highest BCUT2D eigenvalue weighted by Gasteiger charge is 2.33. The molecule has 0 bridgehead atoms. The molecule has 0 radical (unpaired) electrons. The number of carbonyl (C=O) groups is 2. The molecule has 12 heteroatoms. The first-order valence-electron chi connectivity index (χ1n) is 12.9. The van der Waals surface area contributed by atoms with Gasteiger partial charge in [0.15, 0.2) is 0 Å². The van der Waals surface area contributed by atoms with Crippen molar-refractivity contribution >= 4 is 62.3 Å². The SMILES string of the molecule is CCCNC(=O)[C@@H](CC)N(Cc1ccc(Cl)c(Cl)c1)C(=O)CN(c1ccc(Cl)cc1)S(=O)(=O)c1ccc(OC)cc1. The van der Waals surface area contributed by atoms with Crippen LogP contribution in [0.2, 0.25) is 15.1 Å². The zero-order valence-electron chi connectivity index (χ0n) is 22.9. The van der Waals surface area contributed by atoms with Crippen LogP contribution < -0.4 is 14.4 Å². The van der Waals surface area contributed by atoms with Gasteiger partial charge in [0.1, 0.15) is 18.3 Å². The van der Waals surface area contributed by atoms with Crippen molar-refractivity contribution in [2.24, 2.45) is 0 Å². The van der Waals surface area contributed by atoms with E-state index in [4.69, 9.17) is 39.5 Å². The molecular weight excluding hydrogens is 609 g/mol. The summed E-state index contributed by atoms with van der Waals surface area (Å²) in [5.41, 5.74) is 0.863. The lowest BCUT2D eigenvalue weighted by Crippen LogP contribution is -2.52. The first kappa shape index (κ1) is 32.5. The van der Waals surface area contributed by atoms with Crippen LogP contribution in [0.3, 0.4) is 0 Å². The van der Waals surface area contributed by atoms with Gasteiger partial charge in [-0.25, -0.2) is 8.42 Å². The number of halogens is 3. The maximum absolute atomic E-state index is 14.0. The summed E-state index contributed by atoms with van der Waals surface area (Å²) in [6, 6.07) is 16.0. The molecule has 220 valence electrons. The van der Waals surface area contributed by atoms with Gasteiger partial charge >= 0.3 is 0 Å². The third kappa shape index (κ3) is 8.29. The first-order chi connectivity index (χ1) is 19.5. The fraction of sp³-hybridized carbons (Fsp3) is 0.310. The molecule has 0 spiro atoms. The van der Waals surface area contributed by atoms with E-state index in [1.165, 1.54) is 48.4 Å². The predicted octanol–water partition coefficient (Wildman–Crippen LogP) is 6.18. The molecule has 3 rings (SSSR count). The number of nitrogens with zero attached hydrogens (tertiary/aromatic N) is 2. The Morgan fingerprint density at radius 2 is 1.59 bits per heavy atom. The number of hydrogen-bond donors (Lipinski definition) is 1. The van der Waals surface area contributed by atoms with Crippen LogP contribution in [-0.2, 0) is 26.2 Å². The highest BCUT2D eigenvalue weighted by atomic mass is 35.5. The van der Waals surface area contributed by atoms with E-state index in [2.05, 4.69) is 5.32 Å². The Bertz CT molecular complexity index is 1450. The van der Waals surface area contributed by atoms with E-state index in [-0.39, 0.29) is 23.0 Å². The van der Waals surface area contributed by atoms with E-state index < -0.39 is 28.5 Å². The molecule has 0 aliphatic rings. The van der Waals surface area contributed by atoms with E-state index in [0.717, 1.165) is 4.31 Å². The summed E-state index contributed by atoms with van der Waals surface area (Å²) in [6.07, 6.45) is 1.02. The van der Waals surface area contributed by atoms with E-state index in [1.54, 1.807) is 37.3 Å². The normalized spacial score (nSPS) is 12.0. The first-order valence-corrected chi connectivity index (χ1v) is 15.5. The van der Waals surface area contributed by atoms with Gasteiger partial charge in [0.25, 0.3) is 10.0 Å². The molecule has 0 fully saturated rings. The maximum Gasteiger partial charge on any atom is 0.264 e. The number of hydrogen-bond acceptors (Lipinski definition) is 5. The van der Waals surface area contributed by atoms with Crippen LogP contribution >= 0.6 is 34.8 Å². The van der Waals surface area contributed by atoms with Crippen LogP contribution in [0, 0.1) is 0 Å². The quantitative estimate of drug-likeness (QED) is 0.241. The number of benzene rings is 3. The van der Waals surface area contributed by atoms with Crippen LogP contribution in [0.1, 0.15) is 32.3 Å². The molecule has 0 saturated carbocycles. The largest absolute Gasteiger partial charge is 0.497 e. The molecule has 0 heterocycles. The summed E-state index contributed by atoms with van der Waals surface area (Å²) >= 11 is 18.4. The van der Waals surface area contributed by atoms with Crippen molar-refractivity contribution in [3.63, 3.8) is 0 Å². The molecule has 3 aromatic rings. The van der Waals surface area contributed by atoms with Crippen molar-refractivity contribution in [3.05, 3.63) is 87.4 Å². The summed E-state index contributed by atoms with van der Waals surface area (Å²) in [5.74, 6) is -0.435. The summed E-state index contributed by atoms with van der Waals surface area (Å²) in [5, 5.41) is 3.89. The van der Waals surface area contributed by atoms with Crippen molar-refractivity contribution in [2.75, 3.05) is 24.5 Å². The van der Waals surface area contributed by atoms with Gasteiger partial charge < -0.3 is 15.0 Å². The van der Waals surface area contributed by atoms with E-state index in [0.29, 0.717) is 45.8 Å². The number of anilines is 1. The number of nitrogens with one attached hydrogen (secondary N) is 1. The van der Waals surface area contributed by atoms with Crippen molar-refractivity contribution in [1.82, 2.24) is 10.2 Å². The zero-order valence-corrected chi connectivity index (χ0v) is 26.0. The van der Waals surface area contributed by atoms with Crippen LogP contribution in [0.25, 0.3) is 0 Å². The van der Waals surface area contributed by atoms with Crippen LogP contribution in [-0.4, -0.2) is 51.4 Å². The molecule has 41 heavy (non-hydrogen) atoms. The second kappa shape index (κ2) is 14.8. The fourth-order valence-corrected chi connectivity index (χ4v) is 5.99. The van der Waals surface area contributed by atoms with Gasteiger partial charge in [-0.15, -0.1) is 0 Å². The average molecular weight is 641 g/mol. The van der Waals surface area contributed by atoms with Gasteiger partial charge in [0, 0.05) is 18.1 Å². The summed E-state index contributed by atoms with van der Waals surface area (Å²) in [6.45, 7) is 3.58. The second-order valence-corrected chi connectivity index (χ2v) is 12.3. The van der Waals surface area contributed by atoms with Gasteiger partial charge in [0.05, 0.1) is 27.7 Å². The molecule has 8 nitrogen and oxygen atoms in total. The standard InChI is InChI=1S/C29H32Cl3N3O5S/c1-4-16-33-29(37)27(5-2)34(18-20-6-15-25(31)26(32)17-20)28(36)19-35(22-9-7-21(30)8-10-22)41(38,39)24-13-11-23(40-3)12-14-24/h6-15,17,27H,4-5,16,18-19H2,1-3H3,(H,33,37)/t27-/m1/s1. The number of amides is 2. The zero-order chi connectivity index (χ0) is 30.2. The number of ether oxygens (including phenoxy) is 1. The highest BCUT2D eigenvalue weighted by molar-refractivity contribution is 7.92. The third-order valence-electron chi connectivity index (χ3n) is 6.31. The fourth-order valence-electron chi connectivity index (χ4n) is 4.13. The number of sulfonamides is 1. The van der Waals surface area contributed by atoms with Crippen LogP contribution in [0.15, 0.2) is 71.6 Å². The molecule has 0 aliphatic carbocycles. The second-order valence-electron chi connectivity index (χ2n) is 9.15. The smallest absolute Gasteiger partial charge is 0.264 e. The van der Waals surface area contributed by atoms with Crippen molar-refractivity contribution in [3.8, 4) is 5.75 Å². The topological polar surface area (TPSA) is 96.0 Å². The Balaban J connectivity index is 2.06. The minimum Gasteiger partial charge on any atom is -0.497 e. The summed E-state index contributed by atoms with van der Waals surface area (Å²) < 4.78 is 34.0. The lowest BCUT2D eigenvalue weighted by Gasteiger charge is -2.33. The van der Waals surface area contributed by atoms with Crippen molar-refractivity contribution in [1.29, 1.82) is 0 Å². The molecule has 1 atom stereocenters. The highest BCUT2D eigenvalue weighted by Crippen LogP contribution is 2.28. The Labute approximate surface area is 256 Å². The molecule has 2 amide bonds. The Morgan fingerprint density at radius 3 is 2.15 bits per heavy atom. The van der Waals surface area contributed by atoms with E-state index in [1.807, 2.05) is 6.92 Å². The number of rotatable bonds is 13. The lowest BCUT2D eigenvalue weighted by molar-refractivity contribution is -0.140.